The van der Waals surface area contributed by atoms with E-state index in [0.717, 1.165) is 36.1 Å². The minimum absolute atomic E-state index is 0.0164. The molecule has 5 rings (SSSR count). The molecule has 1 spiro atoms. The second kappa shape index (κ2) is 7.52. The lowest BCUT2D eigenvalue weighted by Gasteiger charge is -2.49. The van der Waals surface area contributed by atoms with Gasteiger partial charge in [0.1, 0.15) is 23.7 Å². The Balaban J connectivity index is 1.23. The highest BCUT2D eigenvalue weighted by atomic mass is 19.4. The molecule has 1 atom stereocenters. The first-order valence-electron chi connectivity index (χ1n) is 10.2. The number of aromatic nitrogens is 5. The van der Waals surface area contributed by atoms with Gasteiger partial charge in [-0.1, -0.05) is 0 Å². The lowest BCUT2D eigenvalue weighted by molar-refractivity contribution is -0.137. The number of hydrogen-bond donors (Lipinski definition) is 1. The van der Waals surface area contributed by atoms with Crippen LogP contribution < -0.4 is 10.2 Å². The smallest absolute Gasteiger partial charge is 0.366 e. The number of alkyl halides is 5. The number of halogens is 5. The predicted molar refractivity (Wildman–Crippen MR) is 106 cm³/mol. The maximum absolute atomic E-state index is 13.0. The Hall–Kier alpha value is -3.05. The molecule has 2 fully saturated rings. The molecule has 3 aromatic heterocycles. The fourth-order valence-corrected chi connectivity index (χ4v) is 4.70. The van der Waals surface area contributed by atoms with Crippen molar-refractivity contribution in [2.75, 3.05) is 23.3 Å². The van der Waals surface area contributed by atoms with Crippen LogP contribution in [0.4, 0.5) is 33.6 Å². The van der Waals surface area contributed by atoms with E-state index in [1.807, 2.05) is 4.90 Å². The zero-order valence-corrected chi connectivity index (χ0v) is 16.9. The first kappa shape index (κ1) is 20.8. The summed E-state index contributed by atoms with van der Waals surface area (Å²) in [5.74, 6) is 0.830. The van der Waals surface area contributed by atoms with E-state index in [1.165, 1.54) is 12.4 Å². The van der Waals surface area contributed by atoms with Gasteiger partial charge in [0.05, 0.1) is 18.0 Å². The number of nitrogens with zero attached hydrogens (tertiary/aromatic N) is 6. The van der Waals surface area contributed by atoms with Crippen LogP contribution in [0.25, 0.3) is 11.2 Å². The van der Waals surface area contributed by atoms with Crippen LogP contribution in [-0.2, 0) is 12.7 Å². The first-order chi connectivity index (χ1) is 15.2. The summed E-state index contributed by atoms with van der Waals surface area (Å²) in [6, 6.07) is 2.18. The Bertz CT molecular complexity index is 1120. The van der Waals surface area contributed by atoms with Crippen molar-refractivity contribution < 1.29 is 22.0 Å². The summed E-state index contributed by atoms with van der Waals surface area (Å²) in [6.07, 6.45) is -0.146. The van der Waals surface area contributed by atoms with Gasteiger partial charge >= 0.3 is 6.18 Å². The third kappa shape index (κ3) is 3.93. The van der Waals surface area contributed by atoms with Gasteiger partial charge in [0.2, 0.25) is 0 Å². The molecule has 0 aromatic carbocycles. The molecule has 1 unspecified atom stereocenters. The van der Waals surface area contributed by atoms with Crippen LogP contribution in [0.3, 0.4) is 0 Å². The minimum Gasteiger partial charge on any atom is -0.366 e. The molecule has 3 aromatic rings. The van der Waals surface area contributed by atoms with Crippen LogP contribution >= 0.6 is 0 Å². The standard InChI is InChI=1S/C20H20F5N7/c21-15(22)9-32-18-14(7-28-32)27-8-16(30-18)29-13-1-3-19(6-13)10-31(11-19)17-5-12(2-4-26-17)20(23,24)25/h2,4-5,7-8,13,15H,1,3,6,9-11H2,(H,29,30). The van der Waals surface area contributed by atoms with E-state index in [9.17, 15) is 22.0 Å². The Morgan fingerprint density at radius 1 is 1.19 bits per heavy atom. The van der Waals surface area contributed by atoms with Crippen LogP contribution in [0.1, 0.15) is 24.8 Å². The van der Waals surface area contributed by atoms with Gasteiger partial charge in [-0.3, -0.25) is 0 Å². The predicted octanol–water partition coefficient (Wildman–Crippen LogP) is 3.98. The van der Waals surface area contributed by atoms with Crippen molar-refractivity contribution in [1.29, 1.82) is 0 Å². The zero-order chi connectivity index (χ0) is 22.5. The van der Waals surface area contributed by atoms with Crippen molar-refractivity contribution in [2.24, 2.45) is 5.41 Å². The summed E-state index contributed by atoms with van der Waals surface area (Å²) >= 11 is 0. The quantitative estimate of drug-likeness (QED) is 0.590. The first-order valence-corrected chi connectivity index (χ1v) is 10.2. The van der Waals surface area contributed by atoms with E-state index in [1.54, 1.807) is 6.20 Å². The van der Waals surface area contributed by atoms with E-state index in [-0.39, 0.29) is 11.5 Å². The molecular formula is C20H20F5N7. The van der Waals surface area contributed by atoms with Gasteiger partial charge in [-0.2, -0.15) is 18.3 Å². The molecule has 1 aliphatic carbocycles. The Labute approximate surface area is 179 Å². The van der Waals surface area contributed by atoms with E-state index in [2.05, 4.69) is 25.4 Å². The molecule has 1 aliphatic heterocycles. The molecule has 1 N–H and O–H groups in total. The molecule has 4 heterocycles. The van der Waals surface area contributed by atoms with Gasteiger partial charge < -0.3 is 10.2 Å². The monoisotopic (exact) mass is 453 g/mol. The molecule has 0 amide bonds. The average Bonchev–Trinajstić information content (AvgIpc) is 3.31. The van der Waals surface area contributed by atoms with Crippen molar-refractivity contribution in [1.82, 2.24) is 24.7 Å². The summed E-state index contributed by atoms with van der Waals surface area (Å²) in [4.78, 5) is 14.6. The summed E-state index contributed by atoms with van der Waals surface area (Å²) in [6.45, 7) is 0.740. The number of anilines is 2. The summed E-state index contributed by atoms with van der Waals surface area (Å²) in [5, 5.41) is 7.24. The molecule has 0 radical (unpaired) electrons. The second-order valence-corrected chi connectivity index (χ2v) is 8.52. The van der Waals surface area contributed by atoms with Crippen molar-refractivity contribution in [2.45, 2.75) is 44.5 Å². The molecular weight excluding hydrogens is 433 g/mol. The van der Waals surface area contributed by atoms with Gasteiger partial charge in [0.25, 0.3) is 6.43 Å². The zero-order valence-electron chi connectivity index (χ0n) is 16.9. The lowest BCUT2D eigenvalue weighted by Crippen LogP contribution is -2.56. The third-order valence-electron chi connectivity index (χ3n) is 6.16. The summed E-state index contributed by atoms with van der Waals surface area (Å²) in [5.41, 5.74) is 0.0629. The van der Waals surface area contributed by atoms with Gasteiger partial charge in [0, 0.05) is 30.7 Å². The van der Waals surface area contributed by atoms with Gasteiger partial charge in [0.15, 0.2) is 5.65 Å². The molecule has 32 heavy (non-hydrogen) atoms. The number of rotatable bonds is 5. The highest BCUT2D eigenvalue weighted by Gasteiger charge is 2.48. The highest BCUT2D eigenvalue weighted by Crippen LogP contribution is 2.47. The van der Waals surface area contributed by atoms with E-state index in [0.29, 0.717) is 35.9 Å². The van der Waals surface area contributed by atoms with Crippen molar-refractivity contribution in [3.8, 4) is 0 Å². The second-order valence-electron chi connectivity index (χ2n) is 8.52. The topological polar surface area (TPSA) is 71.8 Å². The molecule has 170 valence electrons. The molecule has 7 nitrogen and oxygen atoms in total. The van der Waals surface area contributed by atoms with Crippen LogP contribution in [-0.4, -0.2) is 50.3 Å². The lowest BCUT2D eigenvalue weighted by atomic mass is 9.78. The fraction of sp³-hybridized carbons (Fsp3) is 0.500. The summed E-state index contributed by atoms with van der Waals surface area (Å²) < 4.78 is 65.5. The summed E-state index contributed by atoms with van der Waals surface area (Å²) in [7, 11) is 0. The van der Waals surface area contributed by atoms with Gasteiger partial charge in [-0.15, -0.1) is 0 Å². The molecule has 1 saturated heterocycles. The van der Waals surface area contributed by atoms with Crippen LogP contribution in [0.2, 0.25) is 0 Å². The Morgan fingerprint density at radius 2 is 2.00 bits per heavy atom. The third-order valence-corrected chi connectivity index (χ3v) is 6.16. The number of nitrogens with one attached hydrogen (secondary N) is 1. The highest BCUT2D eigenvalue weighted by molar-refractivity contribution is 5.71. The largest absolute Gasteiger partial charge is 0.416 e. The molecule has 1 saturated carbocycles. The minimum atomic E-state index is -4.39. The van der Waals surface area contributed by atoms with Crippen molar-refractivity contribution in [3.05, 3.63) is 36.3 Å². The Morgan fingerprint density at radius 3 is 2.75 bits per heavy atom. The van der Waals surface area contributed by atoms with E-state index in [4.69, 9.17) is 0 Å². The fourth-order valence-electron chi connectivity index (χ4n) is 4.70. The van der Waals surface area contributed by atoms with Gasteiger partial charge in [-0.05, 0) is 31.4 Å². The van der Waals surface area contributed by atoms with Crippen molar-refractivity contribution in [3.63, 3.8) is 0 Å². The van der Waals surface area contributed by atoms with Crippen LogP contribution in [0.5, 0.6) is 0 Å². The molecule has 2 aliphatic rings. The number of pyridine rings is 1. The number of hydrogen-bond acceptors (Lipinski definition) is 6. The van der Waals surface area contributed by atoms with E-state index >= 15 is 0 Å². The number of fused-ring (bicyclic) bond motifs is 1. The van der Waals surface area contributed by atoms with Crippen LogP contribution in [0, 0.1) is 5.41 Å². The van der Waals surface area contributed by atoms with E-state index < -0.39 is 24.7 Å². The maximum Gasteiger partial charge on any atom is 0.416 e. The molecule has 0 bridgehead atoms. The van der Waals surface area contributed by atoms with Crippen molar-refractivity contribution >= 4 is 22.8 Å². The Kier molecular flexibility index (Phi) is 4.90. The SMILES string of the molecule is FC(F)Cn1ncc2ncc(NC3CCC4(C3)CN(c3cc(C(F)(F)F)ccn3)C4)nc21. The van der Waals surface area contributed by atoms with Crippen LogP contribution in [0.15, 0.2) is 30.7 Å². The average molecular weight is 453 g/mol. The normalized spacial score (nSPS) is 20.3. The maximum atomic E-state index is 13.0. The molecule has 12 heteroatoms. The van der Waals surface area contributed by atoms with Gasteiger partial charge in [-0.25, -0.2) is 28.4 Å².